The lowest BCUT2D eigenvalue weighted by molar-refractivity contribution is -0.142. The van der Waals surface area contributed by atoms with Gasteiger partial charge in [0.05, 0.1) is 11.0 Å². The normalized spacial score (nSPS) is 25.2. The first kappa shape index (κ1) is 19.2. The Hall–Kier alpha value is -1.55. The molecule has 0 unspecified atom stereocenters. The van der Waals surface area contributed by atoms with E-state index < -0.39 is 21.9 Å². The molecule has 26 heavy (non-hydrogen) atoms. The summed E-state index contributed by atoms with van der Waals surface area (Å²) in [5.41, 5.74) is 5.58. The fraction of sp³-hybridized carbons (Fsp3) is 0.588. The van der Waals surface area contributed by atoms with Crippen LogP contribution in [0.25, 0.3) is 0 Å². The smallest absolute Gasteiger partial charge is 0.251 e. The Morgan fingerprint density at radius 2 is 1.88 bits per heavy atom. The highest BCUT2D eigenvalue weighted by atomic mass is 32.2. The summed E-state index contributed by atoms with van der Waals surface area (Å²) in [4.78, 5) is 14.4. The third-order valence-corrected chi connectivity index (χ3v) is 6.78. The van der Waals surface area contributed by atoms with E-state index in [1.54, 1.807) is 4.90 Å². The summed E-state index contributed by atoms with van der Waals surface area (Å²) < 4.78 is 45.5. The van der Waals surface area contributed by atoms with Crippen molar-refractivity contribution in [3.8, 4) is 0 Å². The Bertz CT molecular complexity index is 741. The zero-order valence-corrected chi connectivity index (χ0v) is 15.3. The molecule has 2 saturated heterocycles. The maximum Gasteiger partial charge on any atom is 0.251 e. The van der Waals surface area contributed by atoms with Gasteiger partial charge in [0.25, 0.3) is 5.91 Å². The van der Waals surface area contributed by atoms with E-state index >= 15 is 0 Å². The van der Waals surface area contributed by atoms with Crippen LogP contribution in [-0.2, 0) is 19.6 Å². The van der Waals surface area contributed by atoms with E-state index in [1.165, 1.54) is 16.4 Å². The molecule has 3 rings (SSSR count). The lowest BCUT2D eigenvalue weighted by Crippen LogP contribution is -2.42. The first-order chi connectivity index (χ1) is 12.4. The monoisotopic (exact) mass is 385 g/mol. The van der Waals surface area contributed by atoms with Gasteiger partial charge in [0.2, 0.25) is 10.0 Å². The first-order valence-corrected chi connectivity index (χ1v) is 10.3. The van der Waals surface area contributed by atoms with Crippen LogP contribution in [0.3, 0.4) is 0 Å². The second-order valence-electron chi connectivity index (χ2n) is 6.60. The number of ether oxygens (including phenoxy) is 1. The molecule has 0 aliphatic carbocycles. The Morgan fingerprint density at radius 3 is 2.54 bits per heavy atom. The molecule has 2 fully saturated rings. The zero-order valence-electron chi connectivity index (χ0n) is 14.5. The van der Waals surface area contributed by atoms with Crippen LogP contribution in [0.2, 0.25) is 0 Å². The van der Waals surface area contributed by atoms with E-state index in [2.05, 4.69) is 0 Å². The number of halogens is 1. The molecule has 0 aromatic heterocycles. The second kappa shape index (κ2) is 7.99. The van der Waals surface area contributed by atoms with E-state index in [9.17, 15) is 17.6 Å². The molecule has 2 atom stereocenters. The molecule has 1 aromatic rings. The third kappa shape index (κ3) is 4.06. The number of rotatable bonds is 4. The summed E-state index contributed by atoms with van der Waals surface area (Å²) >= 11 is 0. The van der Waals surface area contributed by atoms with Gasteiger partial charge < -0.3 is 15.4 Å². The Labute approximate surface area is 152 Å². The van der Waals surface area contributed by atoms with Gasteiger partial charge in [0.1, 0.15) is 11.9 Å². The lowest BCUT2D eigenvalue weighted by atomic mass is 10.2. The van der Waals surface area contributed by atoms with Crippen LogP contribution in [0.4, 0.5) is 4.39 Å². The van der Waals surface area contributed by atoms with Gasteiger partial charge in [0.15, 0.2) is 0 Å². The van der Waals surface area contributed by atoms with Gasteiger partial charge in [-0.25, -0.2) is 12.8 Å². The second-order valence-corrected chi connectivity index (χ2v) is 8.53. The van der Waals surface area contributed by atoms with E-state index in [0.29, 0.717) is 39.0 Å². The molecule has 0 spiro atoms. The summed E-state index contributed by atoms with van der Waals surface area (Å²) in [6.07, 6.45) is 1.40. The van der Waals surface area contributed by atoms with Crippen molar-refractivity contribution in [3.63, 3.8) is 0 Å². The minimum atomic E-state index is -3.70. The fourth-order valence-electron chi connectivity index (χ4n) is 3.37. The van der Waals surface area contributed by atoms with Crippen molar-refractivity contribution in [2.75, 3.05) is 32.7 Å². The van der Waals surface area contributed by atoms with Crippen LogP contribution < -0.4 is 5.73 Å². The number of amides is 1. The lowest BCUT2D eigenvalue weighted by Gasteiger charge is -2.24. The topological polar surface area (TPSA) is 92.9 Å². The predicted octanol–water partition coefficient (Wildman–Crippen LogP) is 0.555. The molecule has 2 aliphatic heterocycles. The van der Waals surface area contributed by atoms with Crippen molar-refractivity contribution in [1.82, 2.24) is 9.21 Å². The Kier molecular flexibility index (Phi) is 5.91. The van der Waals surface area contributed by atoms with Gasteiger partial charge in [0, 0.05) is 32.7 Å². The number of hydrogen-bond donors (Lipinski definition) is 1. The first-order valence-electron chi connectivity index (χ1n) is 8.82. The molecular formula is C17H24FN3O4S. The number of carbonyl (C=O) groups is 1. The zero-order chi connectivity index (χ0) is 18.7. The summed E-state index contributed by atoms with van der Waals surface area (Å²) in [5.74, 6) is -0.578. The maximum atomic E-state index is 13.1. The summed E-state index contributed by atoms with van der Waals surface area (Å²) in [7, 11) is -3.70. The fourth-order valence-corrected chi connectivity index (χ4v) is 4.84. The standard InChI is InChI=1S/C17H24FN3O4S/c18-13-2-5-15(6-3-13)26(23,24)21-9-1-8-20(10-11-21)17(22)16-7-4-14(12-19)25-16/h2-3,5-6,14,16H,1,4,7-12,19H2/t14-,16+/m1/s1. The van der Waals surface area contributed by atoms with Crippen molar-refractivity contribution in [2.24, 2.45) is 5.73 Å². The minimum Gasteiger partial charge on any atom is -0.364 e. The van der Waals surface area contributed by atoms with Gasteiger partial charge in [-0.1, -0.05) is 0 Å². The van der Waals surface area contributed by atoms with Crippen LogP contribution in [0.15, 0.2) is 29.2 Å². The molecule has 144 valence electrons. The number of sulfonamides is 1. The Morgan fingerprint density at radius 1 is 1.15 bits per heavy atom. The summed E-state index contributed by atoms with van der Waals surface area (Å²) in [5, 5.41) is 0. The maximum absolute atomic E-state index is 13.1. The number of carbonyl (C=O) groups excluding carboxylic acids is 1. The van der Waals surface area contributed by atoms with Crippen molar-refractivity contribution in [2.45, 2.75) is 36.4 Å². The SMILES string of the molecule is NC[C@H]1CC[C@@H](C(=O)N2CCCN(S(=O)(=O)c3ccc(F)cc3)CC2)O1. The average molecular weight is 385 g/mol. The molecule has 2 aliphatic rings. The molecule has 1 aromatic carbocycles. The van der Waals surface area contributed by atoms with Gasteiger partial charge in [-0.3, -0.25) is 4.79 Å². The molecule has 0 bridgehead atoms. The highest BCUT2D eigenvalue weighted by Gasteiger charge is 2.35. The van der Waals surface area contributed by atoms with Crippen molar-refractivity contribution in [3.05, 3.63) is 30.1 Å². The van der Waals surface area contributed by atoms with Crippen LogP contribution in [-0.4, -0.2) is 68.5 Å². The highest BCUT2D eigenvalue weighted by Crippen LogP contribution is 2.23. The summed E-state index contributed by atoms with van der Waals surface area (Å²) in [6, 6.07) is 4.78. The van der Waals surface area contributed by atoms with Gasteiger partial charge >= 0.3 is 0 Å². The largest absolute Gasteiger partial charge is 0.364 e. The minimum absolute atomic E-state index is 0.0589. The molecule has 2 N–H and O–H groups in total. The molecule has 0 saturated carbocycles. The van der Waals surface area contributed by atoms with Crippen LogP contribution in [0, 0.1) is 5.82 Å². The van der Waals surface area contributed by atoms with E-state index in [-0.39, 0.29) is 23.5 Å². The van der Waals surface area contributed by atoms with Crippen LogP contribution >= 0.6 is 0 Å². The van der Waals surface area contributed by atoms with Crippen molar-refractivity contribution in [1.29, 1.82) is 0 Å². The highest BCUT2D eigenvalue weighted by molar-refractivity contribution is 7.89. The van der Waals surface area contributed by atoms with Crippen LogP contribution in [0.5, 0.6) is 0 Å². The van der Waals surface area contributed by atoms with E-state index in [0.717, 1.165) is 18.6 Å². The Balaban J connectivity index is 1.64. The molecule has 7 nitrogen and oxygen atoms in total. The van der Waals surface area contributed by atoms with Gasteiger partial charge in [-0.15, -0.1) is 0 Å². The molecule has 2 heterocycles. The number of nitrogens with two attached hydrogens (primary N) is 1. The molecule has 1 amide bonds. The van der Waals surface area contributed by atoms with E-state index in [4.69, 9.17) is 10.5 Å². The third-order valence-electron chi connectivity index (χ3n) is 4.86. The van der Waals surface area contributed by atoms with Crippen molar-refractivity contribution >= 4 is 15.9 Å². The predicted molar refractivity (Wildman–Crippen MR) is 93.3 cm³/mol. The van der Waals surface area contributed by atoms with Gasteiger partial charge in [-0.05, 0) is 43.5 Å². The number of benzene rings is 1. The van der Waals surface area contributed by atoms with Crippen LogP contribution in [0.1, 0.15) is 19.3 Å². The number of nitrogens with zero attached hydrogens (tertiary/aromatic N) is 2. The number of hydrogen-bond acceptors (Lipinski definition) is 5. The van der Waals surface area contributed by atoms with Crippen molar-refractivity contribution < 1.29 is 22.3 Å². The quantitative estimate of drug-likeness (QED) is 0.817. The molecule has 9 heteroatoms. The van der Waals surface area contributed by atoms with E-state index in [1.807, 2.05) is 0 Å². The summed E-state index contributed by atoms with van der Waals surface area (Å²) in [6.45, 7) is 1.72. The molecule has 0 radical (unpaired) electrons. The average Bonchev–Trinajstić information content (AvgIpc) is 2.97. The van der Waals surface area contributed by atoms with Gasteiger partial charge in [-0.2, -0.15) is 4.31 Å². The molecular weight excluding hydrogens is 361 g/mol.